The van der Waals surface area contributed by atoms with E-state index in [2.05, 4.69) is 4.84 Å². The molecule has 3 nitrogen and oxygen atoms in total. The molecule has 0 aromatic rings. The number of rotatable bonds is 3. The lowest BCUT2D eigenvalue weighted by Crippen LogP contribution is -2.34. The molecule has 0 rings (SSSR count). The lowest BCUT2D eigenvalue weighted by molar-refractivity contribution is -0.237. The number of nitrogens with zero attached hydrogens (tertiary/aromatic N) is 1. The molecule has 0 aliphatic rings. The van der Waals surface area contributed by atoms with Gasteiger partial charge in [-0.05, 0) is 13.8 Å². The molecule has 6 heteroatoms. The van der Waals surface area contributed by atoms with Crippen LogP contribution >= 0.6 is 0 Å². The molecular formula is C6H10F3NO2. The van der Waals surface area contributed by atoms with E-state index < -0.39 is 12.1 Å². The fourth-order valence-electron chi connectivity index (χ4n) is 0.522. The third-order valence-corrected chi connectivity index (χ3v) is 1.15. The summed E-state index contributed by atoms with van der Waals surface area (Å²) in [6.45, 7) is 3.65. The van der Waals surface area contributed by atoms with Crippen molar-refractivity contribution in [2.45, 2.75) is 20.0 Å². The second kappa shape index (κ2) is 4.30. The van der Waals surface area contributed by atoms with Crippen LogP contribution in [0.1, 0.15) is 13.8 Å². The number of alkyl halides is 3. The largest absolute Gasteiger partial charge is 0.492 e. The van der Waals surface area contributed by atoms with Crippen LogP contribution in [0.3, 0.4) is 0 Å². The molecule has 72 valence electrons. The van der Waals surface area contributed by atoms with Crippen LogP contribution in [0, 0.1) is 0 Å². The van der Waals surface area contributed by atoms with Crippen molar-refractivity contribution in [3.63, 3.8) is 0 Å². The van der Waals surface area contributed by atoms with E-state index in [4.69, 9.17) is 0 Å². The van der Waals surface area contributed by atoms with Crippen LogP contribution in [0.2, 0.25) is 0 Å². The highest BCUT2D eigenvalue weighted by atomic mass is 19.4. The van der Waals surface area contributed by atoms with Crippen LogP contribution in [-0.2, 0) is 9.63 Å². The maximum absolute atomic E-state index is 11.6. The van der Waals surface area contributed by atoms with Gasteiger partial charge in [-0.15, -0.1) is 5.06 Å². The van der Waals surface area contributed by atoms with Crippen LogP contribution < -0.4 is 0 Å². The minimum atomic E-state index is -4.91. The Bertz CT molecular complexity index is 153. The summed E-state index contributed by atoms with van der Waals surface area (Å²) < 4.78 is 34.7. The topological polar surface area (TPSA) is 29.5 Å². The maximum atomic E-state index is 11.6. The molecule has 0 fully saturated rings. The van der Waals surface area contributed by atoms with Crippen molar-refractivity contribution in [3.05, 3.63) is 0 Å². The number of carbonyl (C=O) groups excluding carboxylic acids is 1. The van der Waals surface area contributed by atoms with E-state index >= 15 is 0 Å². The molecular weight excluding hydrogens is 175 g/mol. The molecule has 0 amide bonds. The molecule has 0 atom stereocenters. The lowest BCUT2D eigenvalue weighted by Gasteiger charge is -2.17. The van der Waals surface area contributed by atoms with E-state index in [0.717, 1.165) is 5.06 Å². The van der Waals surface area contributed by atoms with E-state index in [1.165, 1.54) is 0 Å². The Morgan fingerprint density at radius 3 is 2.00 bits per heavy atom. The van der Waals surface area contributed by atoms with Crippen LogP contribution in [0.5, 0.6) is 0 Å². The van der Waals surface area contributed by atoms with Gasteiger partial charge >= 0.3 is 12.1 Å². The highest BCUT2D eigenvalue weighted by Gasteiger charge is 2.42. The Labute approximate surface area is 68.0 Å². The van der Waals surface area contributed by atoms with E-state index in [1.54, 1.807) is 13.8 Å². The SMILES string of the molecule is CCN(CC)OC(=O)C(F)(F)F. The minimum absolute atomic E-state index is 0.234. The smallest absolute Gasteiger partial charge is 0.361 e. The average molecular weight is 185 g/mol. The molecule has 0 radical (unpaired) electrons. The molecule has 0 saturated carbocycles. The van der Waals surface area contributed by atoms with Gasteiger partial charge in [0.15, 0.2) is 0 Å². The van der Waals surface area contributed by atoms with Crippen molar-refractivity contribution in [3.8, 4) is 0 Å². The summed E-state index contributed by atoms with van der Waals surface area (Å²) in [6, 6.07) is 0. The highest BCUT2D eigenvalue weighted by Crippen LogP contribution is 2.16. The quantitative estimate of drug-likeness (QED) is 0.621. The van der Waals surface area contributed by atoms with Gasteiger partial charge in [-0.2, -0.15) is 13.2 Å². The monoisotopic (exact) mass is 185 g/mol. The summed E-state index contributed by atoms with van der Waals surface area (Å²) in [4.78, 5) is 14.2. The van der Waals surface area contributed by atoms with Gasteiger partial charge in [0.1, 0.15) is 0 Å². The average Bonchev–Trinajstić information content (AvgIpc) is 1.97. The fraction of sp³-hybridized carbons (Fsp3) is 0.833. The van der Waals surface area contributed by atoms with Crippen LogP contribution in [0.4, 0.5) is 13.2 Å². The number of hydrogen-bond donors (Lipinski definition) is 0. The van der Waals surface area contributed by atoms with Crippen LogP contribution in [0.15, 0.2) is 0 Å². The Kier molecular flexibility index (Phi) is 4.02. The second-order valence-corrected chi connectivity index (χ2v) is 1.99. The molecule has 0 heterocycles. The standard InChI is InChI=1S/C6H10F3NO2/c1-3-10(4-2)12-5(11)6(7,8)9/h3-4H2,1-2H3. The number of carbonyl (C=O) groups is 1. The van der Waals surface area contributed by atoms with Gasteiger partial charge in [0.05, 0.1) is 0 Å². The number of hydroxylamine groups is 2. The first kappa shape index (κ1) is 11.2. The zero-order valence-corrected chi connectivity index (χ0v) is 6.81. The molecule has 0 spiro atoms. The van der Waals surface area contributed by atoms with Gasteiger partial charge in [-0.25, -0.2) is 4.79 Å². The van der Waals surface area contributed by atoms with Gasteiger partial charge in [0.25, 0.3) is 0 Å². The van der Waals surface area contributed by atoms with Crippen LogP contribution in [-0.4, -0.2) is 30.3 Å². The van der Waals surface area contributed by atoms with Crippen molar-refractivity contribution in [1.29, 1.82) is 0 Å². The molecule has 0 aromatic heterocycles. The van der Waals surface area contributed by atoms with Crippen molar-refractivity contribution < 1.29 is 22.8 Å². The van der Waals surface area contributed by atoms with Gasteiger partial charge < -0.3 is 4.84 Å². The predicted molar refractivity (Wildman–Crippen MR) is 35.1 cm³/mol. The van der Waals surface area contributed by atoms with Gasteiger partial charge in [-0.3, -0.25) is 0 Å². The lowest BCUT2D eigenvalue weighted by atomic mass is 10.6. The molecule has 0 unspecified atom stereocenters. The summed E-state index contributed by atoms with van der Waals surface area (Å²) >= 11 is 0. The molecule has 0 saturated heterocycles. The van der Waals surface area contributed by atoms with Crippen molar-refractivity contribution >= 4 is 5.97 Å². The predicted octanol–water partition coefficient (Wildman–Crippen LogP) is 1.35. The minimum Gasteiger partial charge on any atom is -0.361 e. The molecule has 0 N–H and O–H groups in total. The molecule has 0 aromatic carbocycles. The zero-order valence-electron chi connectivity index (χ0n) is 6.81. The molecule has 0 bridgehead atoms. The summed E-state index contributed by atoms with van der Waals surface area (Å²) in [7, 11) is 0. The first-order chi connectivity index (χ1) is 5.41. The van der Waals surface area contributed by atoms with Gasteiger partial charge in [0.2, 0.25) is 0 Å². The Morgan fingerprint density at radius 2 is 1.75 bits per heavy atom. The van der Waals surface area contributed by atoms with E-state index in [9.17, 15) is 18.0 Å². The van der Waals surface area contributed by atoms with Gasteiger partial charge in [0, 0.05) is 13.1 Å². The van der Waals surface area contributed by atoms with Gasteiger partial charge in [-0.1, -0.05) is 0 Å². The van der Waals surface area contributed by atoms with E-state index in [-0.39, 0.29) is 13.1 Å². The third kappa shape index (κ3) is 3.56. The molecule has 0 aliphatic heterocycles. The first-order valence-electron chi connectivity index (χ1n) is 3.45. The van der Waals surface area contributed by atoms with Crippen molar-refractivity contribution in [2.24, 2.45) is 0 Å². The number of hydrogen-bond acceptors (Lipinski definition) is 3. The maximum Gasteiger partial charge on any atom is 0.492 e. The Balaban J connectivity index is 3.99. The normalized spacial score (nSPS) is 11.8. The zero-order chi connectivity index (χ0) is 9.78. The molecule has 0 aliphatic carbocycles. The summed E-state index contributed by atoms with van der Waals surface area (Å²) in [5, 5.41) is 0.926. The Morgan fingerprint density at radius 1 is 1.33 bits per heavy atom. The van der Waals surface area contributed by atoms with Crippen molar-refractivity contribution in [2.75, 3.05) is 13.1 Å². The van der Waals surface area contributed by atoms with E-state index in [0.29, 0.717) is 0 Å². The highest BCUT2D eigenvalue weighted by molar-refractivity contribution is 5.75. The fourth-order valence-corrected chi connectivity index (χ4v) is 0.522. The Hall–Kier alpha value is -0.780. The summed E-state index contributed by atoms with van der Waals surface area (Å²) in [6.07, 6.45) is -4.91. The molecule has 12 heavy (non-hydrogen) atoms. The number of halogens is 3. The van der Waals surface area contributed by atoms with E-state index in [1.807, 2.05) is 0 Å². The van der Waals surface area contributed by atoms with Crippen LogP contribution in [0.25, 0.3) is 0 Å². The first-order valence-corrected chi connectivity index (χ1v) is 3.45. The summed E-state index contributed by atoms with van der Waals surface area (Å²) in [5.41, 5.74) is 0. The summed E-state index contributed by atoms with van der Waals surface area (Å²) in [5.74, 6) is -2.17. The van der Waals surface area contributed by atoms with Crippen molar-refractivity contribution in [1.82, 2.24) is 5.06 Å². The third-order valence-electron chi connectivity index (χ3n) is 1.15. The second-order valence-electron chi connectivity index (χ2n) is 1.99.